The number of hydrogen-bond donors (Lipinski definition) is 3. The van der Waals surface area contributed by atoms with Gasteiger partial charge in [0.15, 0.2) is 11.5 Å². The Bertz CT molecular complexity index is 532. The van der Waals surface area contributed by atoms with Crippen LogP contribution in [0.1, 0.15) is 25.3 Å². The third-order valence-corrected chi connectivity index (χ3v) is 3.51. The predicted octanol–water partition coefficient (Wildman–Crippen LogP) is 2.08. The second-order valence-electron chi connectivity index (χ2n) is 4.66. The predicted molar refractivity (Wildman–Crippen MR) is 80.5 cm³/mol. The summed E-state index contributed by atoms with van der Waals surface area (Å²) in [7, 11) is 1.45. The number of benzene rings is 1. The molecule has 1 unspecified atom stereocenters. The van der Waals surface area contributed by atoms with Crippen LogP contribution in [0.5, 0.6) is 11.5 Å². The molecule has 0 aliphatic heterocycles. The molecule has 1 rings (SSSR count). The topological polar surface area (TPSA) is 95.9 Å². The van der Waals surface area contributed by atoms with Crippen LogP contribution < -0.4 is 10.1 Å². The molecule has 0 saturated heterocycles. The van der Waals surface area contributed by atoms with Crippen molar-refractivity contribution in [2.75, 3.05) is 7.11 Å². The highest BCUT2D eigenvalue weighted by molar-refractivity contribution is 9.10. The van der Waals surface area contributed by atoms with Crippen LogP contribution in [0.25, 0.3) is 0 Å². The molecule has 1 atom stereocenters. The van der Waals surface area contributed by atoms with Crippen molar-refractivity contribution in [3.8, 4) is 11.5 Å². The first kappa shape index (κ1) is 17.3. The lowest BCUT2D eigenvalue weighted by Gasteiger charge is -2.18. The maximum atomic E-state index is 11.2. The first-order valence-electron chi connectivity index (χ1n) is 6.37. The highest BCUT2D eigenvalue weighted by atomic mass is 79.9. The average molecular weight is 360 g/mol. The largest absolute Gasteiger partial charge is 0.503 e. The molecule has 1 aromatic rings. The van der Waals surface area contributed by atoms with E-state index in [2.05, 4.69) is 21.2 Å². The van der Waals surface area contributed by atoms with Crippen LogP contribution >= 0.6 is 15.9 Å². The summed E-state index contributed by atoms with van der Waals surface area (Å²) in [6.07, 6.45) is 0.749. The second-order valence-corrected chi connectivity index (χ2v) is 5.52. The van der Waals surface area contributed by atoms with E-state index in [-0.39, 0.29) is 24.1 Å². The molecule has 0 heterocycles. The Morgan fingerprint density at radius 3 is 2.62 bits per heavy atom. The van der Waals surface area contributed by atoms with E-state index in [0.717, 1.165) is 5.56 Å². The third-order valence-electron chi connectivity index (χ3n) is 2.90. The number of carboxylic acids is 1. The molecular weight excluding hydrogens is 342 g/mol. The van der Waals surface area contributed by atoms with Gasteiger partial charge in [-0.15, -0.1) is 0 Å². The molecule has 1 aromatic carbocycles. The second kappa shape index (κ2) is 7.87. The molecule has 0 spiro atoms. The number of nitrogens with one attached hydrogen (secondary N) is 1. The summed E-state index contributed by atoms with van der Waals surface area (Å²) in [5, 5.41) is 21.2. The van der Waals surface area contributed by atoms with Gasteiger partial charge in [0, 0.05) is 19.4 Å². The number of phenols is 1. The van der Waals surface area contributed by atoms with E-state index in [1.807, 2.05) is 0 Å². The van der Waals surface area contributed by atoms with E-state index in [9.17, 15) is 14.7 Å². The molecule has 1 amide bonds. The number of rotatable bonds is 7. The molecule has 0 bridgehead atoms. The zero-order valence-electron chi connectivity index (χ0n) is 11.9. The number of hydrogen-bond acceptors (Lipinski definition) is 4. The van der Waals surface area contributed by atoms with E-state index in [1.54, 1.807) is 12.1 Å². The van der Waals surface area contributed by atoms with E-state index in [0.29, 0.717) is 23.1 Å². The summed E-state index contributed by atoms with van der Waals surface area (Å²) in [5.41, 5.74) is 0.820. The maximum absolute atomic E-state index is 11.2. The lowest BCUT2D eigenvalue weighted by molar-refractivity contribution is -0.137. The number of methoxy groups -OCH3 is 1. The number of amides is 1. The lowest BCUT2D eigenvalue weighted by atomic mass is 10.0. The smallest absolute Gasteiger partial charge is 0.303 e. The van der Waals surface area contributed by atoms with Gasteiger partial charge < -0.3 is 20.3 Å². The van der Waals surface area contributed by atoms with Gasteiger partial charge in [0.05, 0.1) is 11.6 Å². The standard InChI is InChI=1S/C14H18BrNO5/c1-8(17)16-10(3-4-13(18)19)5-9-6-11(15)14(20)12(7-9)21-2/h6-7,10,20H,3-5H2,1-2H3,(H,16,17)(H,18,19). The molecule has 21 heavy (non-hydrogen) atoms. The van der Waals surface area contributed by atoms with Crippen LogP contribution in [-0.2, 0) is 16.0 Å². The lowest BCUT2D eigenvalue weighted by Crippen LogP contribution is -2.35. The molecule has 0 fully saturated rings. The van der Waals surface area contributed by atoms with Crippen molar-refractivity contribution in [3.05, 3.63) is 22.2 Å². The average Bonchev–Trinajstić information content (AvgIpc) is 2.39. The maximum Gasteiger partial charge on any atom is 0.303 e. The van der Waals surface area contributed by atoms with Gasteiger partial charge in [-0.3, -0.25) is 9.59 Å². The number of ether oxygens (including phenoxy) is 1. The summed E-state index contributed by atoms with van der Waals surface area (Å²) in [4.78, 5) is 21.9. The summed E-state index contributed by atoms with van der Waals surface area (Å²) < 4.78 is 5.55. The normalized spacial score (nSPS) is 11.8. The van der Waals surface area contributed by atoms with E-state index in [4.69, 9.17) is 9.84 Å². The molecule has 116 valence electrons. The van der Waals surface area contributed by atoms with Crippen molar-refractivity contribution < 1.29 is 24.5 Å². The molecule has 3 N–H and O–H groups in total. The van der Waals surface area contributed by atoms with Crippen molar-refractivity contribution in [2.24, 2.45) is 0 Å². The highest BCUT2D eigenvalue weighted by Crippen LogP contribution is 2.35. The van der Waals surface area contributed by atoms with Crippen LogP contribution in [0, 0.1) is 0 Å². The highest BCUT2D eigenvalue weighted by Gasteiger charge is 2.15. The van der Waals surface area contributed by atoms with E-state index in [1.165, 1.54) is 14.0 Å². The SMILES string of the molecule is COc1cc(CC(CCC(=O)O)NC(C)=O)cc(Br)c1O. The van der Waals surface area contributed by atoms with Crippen LogP contribution in [0.4, 0.5) is 0 Å². The van der Waals surface area contributed by atoms with Gasteiger partial charge in [-0.25, -0.2) is 0 Å². The minimum atomic E-state index is -0.908. The number of aromatic hydroxyl groups is 1. The van der Waals surface area contributed by atoms with Crippen molar-refractivity contribution >= 4 is 27.8 Å². The molecule has 0 aliphatic rings. The van der Waals surface area contributed by atoms with Crippen molar-refractivity contribution in [2.45, 2.75) is 32.2 Å². The molecule has 7 heteroatoms. The van der Waals surface area contributed by atoms with Crippen molar-refractivity contribution in [1.82, 2.24) is 5.32 Å². The number of halogens is 1. The van der Waals surface area contributed by atoms with E-state index < -0.39 is 5.97 Å². The quantitative estimate of drug-likeness (QED) is 0.692. The molecule has 0 radical (unpaired) electrons. The Kier molecular flexibility index (Phi) is 6.48. The van der Waals surface area contributed by atoms with Gasteiger partial charge >= 0.3 is 5.97 Å². The minimum absolute atomic E-state index is 0.00265. The fraction of sp³-hybridized carbons (Fsp3) is 0.429. The van der Waals surface area contributed by atoms with Crippen molar-refractivity contribution in [3.63, 3.8) is 0 Å². The van der Waals surface area contributed by atoms with Gasteiger partial charge in [0.25, 0.3) is 0 Å². The Morgan fingerprint density at radius 2 is 2.10 bits per heavy atom. The summed E-state index contributed by atoms with van der Waals surface area (Å²) in [6, 6.07) is 3.09. The number of phenolic OH excluding ortho intramolecular Hbond substituents is 1. The molecule has 0 aliphatic carbocycles. The van der Waals surface area contributed by atoms with Crippen LogP contribution in [-0.4, -0.2) is 35.2 Å². The van der Waals surface area contributed by atoms with E-state index >= 15 is 0 Å². The molecule has 6 nitrogen and oxygen atoms in total. The summed E-state index contributed by atoms with van der Waals surface area (Å²) in [6.45, 7) is 1.39. The van der Waals surface area contributed by atoms with Crippen molar-refractivity contribution in [1.29, 1.82) is 0 Å². The first-order chi connectivity index (χ1) is 9.83. The fourth-order valence-electron chi connectivity index (χ4n) is 2.00. The van der Waals surface area contributed by atoms with Crippen LogP contribution in [0.2, 0.25) is 0 Å². The van der Waals surface area contributed by atoms with Gasteiger partial charge in [-0.05, 0) is 46.5 Å². The first-order valence-corrected chi connectivity index (χ1v) is 7.17. The molecular formula is C14H18BrNO5. The third kappa shape index (κ3) is 5.63. The zero-order chi connectivity index (χ0) is 16.0. The zero-order valence-corrected chi connectivity index (χ0v) is 13.4. The Hall–Kier alpha value is -1.76. The monoisotopic (exact) mass is 359 g/mol. The number of carboxylic acid groups (broad SMARTS) is 1. The number of aliphatic carboxylic acids is 1. The van der Waals surface area contributed by atoms with Crippen LogP contribution in [0.15, 0.2) is 16.6 Å². The minimum Gasteiger partial charge on any atom is -0.503 e. The fourth-order valence-corrected chi connectivity index (χ4v) is 2.49. The molecule has 0 saturated carbocycles. The Labute approximate surface area is 131 Å². The Balaban J connectivity index is 2.89. The number of carbonyl (C=O) groups is 2. The van der Waals surface area contributed by atoms with Gasteiger partial charge in [0.2, 0.25) is 5.91 Å². The van der Waals surface area contributed by atoms with Crippen LogP contribution in [0.3, 0.4) is 0 Å². The molecule has 0 aromatic heterocycles. The number of carbonyl (C=O) groups excluding carboxylic acids is 1. The summed E-state index contributed by atoms with van der Waals surface area (Å²) in [5.74, 6) is -0.799. The summed E-state index contributed by atoms with van der Waals surface area (Å²) >= 11 is 3.23. The van der Waals surface area contributed by atoms with Gasteiger partial charge in [-0.2, -0.15) is 0 Å². The van der Waals surface area contributed by atoms with Gasteiger partial charge in [-0.1, -0.05) is 0 Å². The Morgan fingerprint density at radius 1 is 1.43 bits per heavy atom. The van der Waals surface area contributed by atoms with Gasteiger partial charge in [0.1, 0.15) is 0 Å².